The number of aryl methyl sites for hydroxylation is 1. The van der Waals surface area contributed by atoms with Crippen molar-refractivity contribution in [1.82, 2.24) is 0 Å². The van der Waals surface area contributed by atoms with Gasteiger partial charge in [0, 0.05) is 12.5 Å². The molecule has 2 aromatic carbocycles. The zero-order valence-corrected chi connectivity index (χ0v) is 22.8. The van der Waals surface area contributed by atoms with E-state index in [4.69, 9.17) is 28.8 Å². The Hall–Kier alpha value is -4.37. The molecule has 0 bridgehead atoms. The van der Waals surface area contributed by atoms with Gasteiger partial charge in [0.2, 0.25) is 0 Å². The maximum atomic E-state index is 12.1. The van der Waals surface area contributed by atoms with Crippen LogP contribution in [0.15, 0.2) is 67.3 Å². The number of unbranched alkanes of at least 4 members (excludes halogenated alkanes) is 1. The maximum absolute atomic E-state index is 12.1. The zero-order valence-electron chi connectivity index (χ0n) is 22.8. The molecule has 214 valence electrons. The van der Waals surface area contributed by atoms with Gasteiger partial charge in [-0.15, -0.1) is 0 Å². The van der Waals surface area contributed by atoms with Crippen molar-refractivity contribution in [3.05, 3.63) is 84.0 Å². The number of carbonyl (C=O) groups excluding carboxylic acids is 3. The summed E-state index contributed by atoms with van der Waals surface area (Å²) in [5, 5.41) is 8.84. The lowest BCUT2D eigenvalue weighted by Crippen LogP contribution is -2.13. The average Bonchev–Trinajstić information content (AvgIpc) is 2.97. The van der Waals surface area contributed by atoms with Crippen LogP contribution in [0.3, 0.4) is 0 Å². The first-order valence-electron chi connectivity index (χ1n) is 13.0. The molecule has 1 N–H and O–H groups in total. The quantitative estimate of drug-likeness (QED) is 0.0696. The molecule has 0 saturated heterocycles. The topological polar surface area (TPSA) is 118 Å². The molecule has 2 rings (SSSR count). The second kappa shape index (κ2) is 18.0. The third-order valence-electron chi connectivity index (χ3n) is 5.45. The summed E-state index contributed by atoms with van der Waals surface area (Å²) >= 11 is 0. The van der Waals surface area contributed by atoms with Crippen LogP contribution >= 0.6 is 0 Å². The first-order chi connectivity index (χ1) is 19.4. The average molecular weight is 553 g/mol. The minimum absolute atomic E-state index is 0.0230. The summed E-state index contributed by atoms with van der Waals surface area (Å²) in [5.41, 5.74) is 2.82. The number of aliphatic hydroxyl groups is 1. The van der Waals surface area contributed by atoms with Gasteiger partial charge in [-0.1, -0.05) is 50.4 Å². The van der Waals surface area contributed by atoms with Crippen molar-refractivity contribution < 1.29 is 43.2 Å². The number of ether oxygens (including phenoxy) is 5. The molecule has 0 aliphatic rings. The lowest BCUT2D eigenvalue weighted by molar-refractivity contribution is -0.140. The molecule has 0 aliphatic carbocycles. The van der Waals surface area contributed by atoms with Crippen LogP contribution in [0.5, 0.6) is 11.5 Å². The van der Waals surface area contributed by atoms with Crippen molar-refractivity contribution in [2.75, 3.05) is 33.0 Å². The molecule has 40 heavy (non-hydrogen) atoms. The van der Waals surface area contributed by atoms with Gasteiger partial charge in [0.05, 0.1) is 38.6 Å². The molecule has 2 aromatic rings. The van der Waals surface area contributed by atoms with Crippen LogP contribution in [-0.4, -0.2) is 56.2 Å². The summed E-state index contributed by atoms with van der Waals surface area (Å²) in [6.45, 7) is 9.24. The van der Waals surface area contributed by atoms with Gasteiger partial charge in [0.15, 0.2) is 0 Å². The molecule has 0 atom stereocenters. The normalized spacial score (nSPS) is 10.6. The largest absolute Gasteiger partial charge is 0.513 e. The Bertz CT molecular complexity index is 1170. The molecule has 0 aromatic heterocycles. The molecule has 0 amide bonds. The van der Waals surface area contributed by atoms with Crippen molar-refractivity contribution in [2.45, 2.75) is 32.6 Å². The molecule has 0 heterocycles. The fourth-order valence-electron chi connectivity index (χ4n) is 3.24. The van der Waals surface area contributed by atoms with Crippen LogP contribution in [0.25, 0.3) is 12.2 Å². The van der Waals surface area contributed by atoms with E-state index >= 15 is 0 Å². The fraction of sp³-hybridized carbons (Fsp3) is 0.323. The number of hydrogen-bond acceptors (Lipinski definition) is 9. The Morgan fingerprint density at radius 1 is 0.850 bits per heavy atom. The standard InChI is InChI=1S/C31H36O9/c1-4-26-21-25(13-16-28(26)40-31(35)39-18-7-6-17-37-29(33)5-2)10-9-24-11-14-27(15-12-24)36-19-8-20-38-30(34)23(3)22-32/h5,9-16,21,32H,2-4,6-8,17-20,22H2,1H3/b10-9+. The van der Waals surface area contributed by atoms with Gasteiger partial charge in [-0.05, 0) is 60.2 Å². The minimum Gasteiger partial charge on any atom is -0.493 e. The summed E-state index contributed by atoms with van der Waals surface area (Å²) in [6, 6.07) is 13.1. The Morgan fingerprint density at radius 3 is 2.17 bits per heavy atom. The highest BCUT2D eigenvalue weighted by molar-refractivity contribution is 5.87. The van der Waals surface area contributed by atoms with Crippen LogP contribution in [0.4, 0.5) is 4.79 Å². The van der Waals surface area contributed by atoms with E-state index in [1.54, 1.807) is 6.07 Å². The smallest absolute Gasteiger partial charge is 0.493 e. The second-order valence-corrected chi connectivity index (χ2v) is 8.50. The second-order valence-electron chi connectivity index (χ2n) is 8.50. The van der Waals surface area contributed by atoms with Crippen LogP contribution in [0.2, 0.25) is 0 Å². The zero-order chi connectivity index (χ0) is 29.2. The van der Waals surface area contributed by atoms with Gasteiger partial charge in [-0.2, -0.15) is 0 Å². The summed E-state index contributed by atoms with van der Waals surface area (Å²) in [7, 11) is 0. The van der Waals surface area contributed by atoms with E-state index in [1.807, 2.05) is 55.5 Å². The molecule has 9 nitrogen and oxygen atoms in total. The van der Waals surface area contributed by atoms with Crippen molar-refractivity contribution >= 4 is 30.2 Å². The fourth-order valence-corrected chi connectivity index (χ4v) is 3.24. The molecule has 0 spiro atoms. The van der Waals surface area contributed by atoms with E-state index in [0.717, 1.165) is 22.8 Å². The van der Waals surface area contributed by atoms with E-state index in [0.29, 0.717) is 43.8 Å². The number of aliphatic hydroxyl groups excluding tert-OH is 1. The van der Waals surface area contributed by atoms with E-state index in [2.05, 4.69) is 13.2 Å². The minimum atomic E-state index is -0.781. The van der Waals surface area contributed by atoms with Crippen LogP contribution in [0.1, 0.15) is 42.9 Å². The highest BCUT2D eigenvalue weighted by Gasteiger charge is 2.10. The molecule has 9 heteroatoms. The number of carbonyl (C=O) groups is 3. The molecular weight excluding hydrogens is 516 g/mol. The summed E-state index contributed by atoms with van der Waals surface area (Å²) < 4.78 is 26.0. The predicted molar refractivity (Wildman–Crippen MR) is 151 cm³/mol. The molecule has 0 unspecified atom stereocenters. The Kier molecular flexibility index (Phi) is 14.3. The molecule has 0 aliphatic heterocycles. The summed E-state index contributed by atoms with van der Waals surface area (Å²) in [5.74, 6) is 0.0514. The van der Waals surface area contributed by atoms with Gasteiger partial charge >= 0.3 is 18.1 Å². The van der Waals surface area contributed by atoms with Gasteiger partial charge in [-0.25, -0.2) is 14.4 Å². The predicted octanol–water partition coefficient (Wildman–Crippen LogP) is 5.30. The van der Waals surface area contributed by atoms with E-state index in [1.165, 1.54) is 0 Å². The van der Waals surface area contributed by atoms with Gasteiger partial charge in [-0.3, -0.25) is 0 Å². The van der Waals surface area contributed by atoms with Gasteiger partial charge in [0.1, 0.15) is 11.5 Å². The van der Waals surface area contributed by atoms with Crippen LogP contribution in [-0.2, 0) is 30.2 Å². The lowest BCUT2D eigenvalue weighted by atomic mass is 10.1. The van der Waals surface area contributed by atoms with Crippen molar-refractivity contribution in [3.63, 3.8) is 0 Å². The third-order valence-corrected chi connectivity index (χ3v) is 5.45. The van der Waals surface area contributed by atoms with Crippen LogP contribution in [0, 0.1) is 0 Å². The van der Waals surface area contributed by atoms with E-state index < -0.39 is 24.7 Å². The first-order valence-corrected chi connectivity index (χ1v) is 13.0. The Balaban J connectivity index is 1.77. The van der Waals surface area contributed by atoms with Crippen molar-refractivity contribution in [2.24, 2.45) is 0 Å². The third kappa shape index (κ3) is 12.0. The van der Waals surface area contributed by atoms with Crippen molar-refractivity contribution in [3.8, 4) is 11.5 Å². The Morgan fingerprint density at radius 2 is 1.50 bits per heavy atom. The number of benzene rings is 2. The maximum Gasteiger partial charge on any atom is 0.513 e. The molecule has 0 fully saturated rings. The number of rotatable bonds is 17. The van der Waals surface area contributed by atoms with E-state index in [9.17, 15) is 14.4 Å². The van der Waals surface area contributed by atoms with Crippen molar-refractivity contribution in [1.29, 1.82) is 0 Å². The van der Waals surface area contributed by atoms with Gasteiger partial charge < -0.3 is 28.8 Å². The number of esters is 2. The first kappa shape index (κ1) is 31.8. The summed E-state index contributed by atoms with van der Waals surface area (Å²) in [4.78, 5) is 34.5. The lowest BCUT2D eigenvalue weighted by Gasteiger charge is -2.10. The highest BCUT2D eigenvalue weighted by Crippen LogP contribution is 2.23. The van der Waals surface area contributed by atoms with Crippen LogP contribution < -0.4 is 9.47 Å². The Labute approximate surface area is 234 Å². The molecule has 0 saturated carbocycles. The molecule has 0 radical (unpaired) electrons. The molecular formula is C31H36O9. The monoisotopic (exact) mass is 552 g/mol. The number of hydrogen-bond donors (Lipinski definition) is 1. The highest BCUT2D eigenvalue weighted by atomic mass is 16.7. The van der Waals surface area contributed by atoms with E-state index in [-0.39, 0.29) is 25.4 Å². The van der Waals surface area contributed by atoms with Gasteiger partial charge in [0.25, 0.3) is 0 Å². The SMILES string of the molecule is C=CC(=O)OCCCCOC(=O)Oc1ccc(/C=C/c2ccc(OCCCOC(=O)C(=C)CO)cc2)cc1CC. The summed E-state index contributed by atoms with van der Waals surface area (Å²) in [6.07, 6.45) is 6.53.